The fraction of sp³-hybridized carbons (Fsp3) is 0.667. The third-order valence-corrected chi connectivity index (χ3v) is 1.93. The zero-order valence-electron chi connectivity index (χ0n) is 6.73. The van der Waals surface area contributed by atoms with Crippen LogP contribution in [-0.4, -0.2) is 16.5 Å². The van der Waals surface area contributed by atoms with Crippen LogP contribution in [0.2, 0.25) is 0 Å². The zero-order chi connectivity index (χ0) is 8.91. The molecule has 0 fully saturated rings. The number of nitrogens with one attached hydrogen (secondary N) is 2. The minimum absolute atomic E-state index is 0.0723. The molecular weight excluding hydrogens is 257 g/mol. The molecule has 0 amide bonds. The summed E-state index contributed by atoms with van der Waals surface area (Å²) in [4.78, 5) is 5.06. The van der Waals surface area contributed by atoms with Gasteiger partial charge in [-0.1, -0.05) is 18.4 Å². The second-order valence-corrected chi connectivity index (χ2v) is 3.67. The molecule has 0 bridgehead atoms. The number of hydrogen-bond acceptors (Lipinski definition) is 4. The van der Waals surface area contributed by atoms with Crippen LogP contribution in [0.1, 0.15) is 13.8 Å². The van der Waals surface area contributed by atoms with E-state index in [2.05, 4.69) is 8.21 Å². The molecule has 4 nitrogen and oxygen atoms in total. The van der Waals surface area contributed by atoms with Gasteiger partial charge >= 0.3 is 0 Å². The summed E-state index contributed by atoms with van der Waals surface area (Å²) in [6.45, 7) is 3.79. The monoisotopic (exact) mass is 271 g/mol. The van der Waals surface area contributed by atoms with Crippen LogP contribution in [0.25, 0.3) is 0 Å². The summed E-state index contributed by atoms with van der Waals surface area (Å²) >= 11 is -0.396. The molecule has 1 unspecified atom stereocenters. The van der Waals surface area contributed by atoms with Gasteiger partial charge in [-0.25, -0.2) is 0 Å². The van der Waals surface area contributed by atoms with Crippen LogP contribution in [-0.2, 0) is 4.84 Å². The molecule has 1 atom stereocenters. The van der Waals surface area contributed by atoms with Gasteiger partial charge in [-0.2, -0.15) is 0 Å². The minimum Gasteiger partial charge on any atom is -0.309 e. The summed E-state index contributed by atoms with van der Waals surface area (Å²) in [5.74, 6) is 0.0723. The molecule has 0 heterocycles. The second-order valence-electron chi connectivity index (χ2n) is 2.47. The molecule has 0 aliphatic rings. The molecule has 0 spiro atoms. The van der Waals surface area contributed by atoms with E-state index in [1.165, 1.54) is 0 Å². The van der Waals surface area contributed by atoms with Crippen molar-refractivity contribution >= 4 is 31.7 Å². The Morgan fingerprint density at radius 2 is 2.36 bits per heavy atom. The van der Waals surface area contributed by atoms with Gasteiger partial charge in [-0.05, 0) is 21.0 Å². The number of hydrogen-bond donors (Lipinski definition) is 3. The van der Waals surface area contributed by atoms with Gasteiger partial charge in [0.15, 0.2) is 5.72 Å². The topological polar surface area (TPSA) is 71.1 Å². The van der Waals surface area contributed by atoms with Crippen LogP contribution in [0.3, 0.4) is 0 Å². The van der Waals surface area contributed by atoms with Gasteiger partial charge in [0.1, 0.15) is 0 Å². The summed E-state index contributed by atoms with van der Waals surface area (Å²) in [6, 6.07) is 0. The number of nitrogens with two attached hydrogens (primary N) is 1. The van der Waals surface area contributed by atoms with E-state index in [4.69, 9.17) is 16.0 Å². The molecular formula is C6H14IN3O. The molecule has 0 aromatic rings. The van der Waals surface area contributed by atoms with Gasteiger partial charge in [-0.15, -0.1) is 3.69 Å². The van der Waals surface area contributed by atoms with Crippen molar-refractivity contribution in [2.75, 3.05) is 0 Å². The van der Waals surface area contributed by atoms with Crippen LogP contribution < -0.4 is 9.43 Å². The smallest absolute Gasteiger partial charge is 0.176 e. The highest BCUT2D eigenvalue weighted by Gasteiger charge is 2.27. The zero-order valence-corrected chi connectivity index (χ0v) is 8.88. The fourth-order valence-corrected chi connectivity index (χ4v) is 0.945. The lowest BCUT2D eigenvalue weighted by molar-refractivity contribution is -0.0360. The molecule has 4 N–H and O–H groups in total. The Balaban J connectivity index is 4.09. The highest BCUT2D eigenvalue weighted by Crippen LogP contribution is 2.11. The van der Waals surface area contributed by atoms with Crippen molar-refractivity contribution in [3.63, 3.8) is 0 Å². The van der Waals surface area contributed by atoms with E-state index in [1.807, 2.05) is 13.8 Å². The average molecular weight is 271 g/mol. The van der Waals surface area contributed by atoms with Gasteiger partial charge in [0.05, 0.1) is 0 Å². The Labute approximate surface area is 77.1 Å². The fourth-order valence-electron chi connectivity index (χ4n) is 0.408. The highest BCUT2D eigenvalue weighted by molar-refractivity contribution is 14.2. The lowest BCUT2D eigenvalue weighted by Crippen LogP contribution is -2.51. The molecule has 11 heavy (non-hydrogen) atoms. The molecule has 0 aliphatic heterocycles. The van der Waals surface area contributed by atoms with E-state index in [1.54, 1.807) is 0 Å². The molecule has 0 rings (SSSR count). The first-order chi connectivity index (χ1) is 5.06. The Morgan fingerprint density at radius 3 is 2.64 bits per heavy atom. The summed E-state index contributed by atoms with van der Waals surface area (Å²) in [7, 11) is 0. The normalized spacial score (nSPS) is 16.4. The Kier molecular flexibility index (Phi) is 4.98. The predicted molar refractivity (Wildman–Crippen MR) is 55.9 cm³/mol. The maximum Gasteiger partial charge on any atom is 0.176 e. The van der Waals surface area contributed by atoms with E-state index < -0.39 is 26.7 Å². The van der Waals surface area contributed by atoms with E-state index in [-0.39, 0.29) is 5.92 Å². The molecule has 66 valence electrons. The van der Waals surface area contributed by atoms with E-state index in [0.29, 0.717) is 0 Å². The molecule has 0 aromatic carbocycles. The summed E-state index contributed by atoms with van der Waals surface area (Å²) < 4.78 is 6.27. The Bertz CT molecular complexity index is 151. The predicted octanol–water partition coefficient (Wildman–Crippen LogP) is 0.786. The minimum atomic E-state index is -0.989. The first-order valence-corrected chi connectivity index (χ1v) is 5.78. The standard InChI is InChI=1S/C6H14IN3O/c1-5(2)6(9,4-8)11-10-7-3/h4-5,8,10H,3,9H2,1-2H3. The third kappa shape index (κ3) is 3.37. The maximum absolute atomic E-state index is 7.04. The van der Waals surface area contributed by atoms with Crippen LogP contribution >= 0.6 is 21.0 Å². The first kappa shape index (κ1) is 11.2. The maximum atomic E-state index is 7.04. The SMILES string of the molecule is C=INOC(N)(C=N)C(C)C. The van der Waals surface area contributed by atoms with Crippen LogP contribution in [0.5, 0.6) is 0 Å². The van der Waals surface area contributed by atoms with Crippen molar-refractivity contribution < 1.29 is 4.84 Å². The lowest BCUT2D eigenvalue weighted by Gasteiger charge is -2.27. The Hall–Kier alpha value is 0.150. The van der Waals surface area contributed by atoms with Crippen molar-refractivity contribution in [3.05, 3.63) is 0 Å². The van der Waals surface area contributed by atoms with Gasteiger partial charge in [0, 0.05) is 12.1 Å². The first-order valence-electron chi connectivity index (χ1n) is 3.17. The molecule has 0 aromatic heterocycles. The van der Waals surface area contributed by atoms with E-state index in [0.717, 1.165) is 6.21 Å². The van der Waals surface area contributed by atoms with Crippen molar-refractivity contribution in [3.8, 4) is 0 Å². The summed E-state index contributed by atoms with van der Waals surface area (Å²) in [6.07, 6.45) is 1.10. The average Bonchev–Trinajstić information content (AvgIpc) is 2.00. The molecule has 5 heteroatoms. The molecule has 0 radical (unpaired) electrons. The van der Waals surface area contributed by atoms with Crippen molar-refractivity contribution in [1.82, 2.24) is 3.69 Å². The van der Waals surface area contributed by atoms with Gasteiger partial charge < -0.3 is 5.41 Å². The van der Waals surface area contributed by atoms with Gasteiger partial charge in [-0.3, -0.25) is 10.6 Å². The molecule has 0 saturated carbocycles. The van der Waals surface area contributed by atoms with Crippen molar-refractivity contribution in [2.24, 2.45) is 11.7 Å². The van der Waals surface area contributed by atoms with Gasteiger partial charge in [0.2, 0.25) is 0 Å². The highest BCUT2D eigenvalue weighted by atomic mass is 127. The number of rotatable bonds is 5. The van der Waals surface area contributed by atoms with Gasteiger partial charge in [0.25, 0.3) is 0 Å². The molecule has 0 aliphatic carbocycles. The second kappa shape index (κ2) is 4.91. The largest absolute Gasteiger partial charge is 0.309 e. The summed E-state index contributed by atoms with van der Waals surface area (Å²) in [5, 5.41) is 7.04. The number of halogens is 1. The van der Waals surface area contributed by atoms with Crippen molar-refractivity contribution in [2.45, 2.75) is 19.6 Å². The van der Waals surface area contributed by atoms with E-state index in [9.17, 15) is 0 Å². The van der Waals surface area contributed by atoms with E-state index >= 15 is 0 Å². The van der Waals surface area contributed by atoms with Crippen LogP contribution in [0, 0.1) is 11.3 Å². The van der Waals surface area contributed by atoms with Crippen molar-refractivity contribution in [1.29, 1.82) is 5.41 Å². The van der Waals surface area contributed by atoms with Crippen LogP contribution in [0.4, 0.5) is 0 Å². The van der Waals surface area contributed by atoms with Crippen LogP contribution in [0.15, 0.2) is 0 Å². The molecule has 0 saturated heterocycles. The summed E-state index contributed by atoms with van der Waals surface area (Å²) in [5.41, 5.74) is 4.70. The quantitative estimate of drug-likeness (QED) is 0.227. The third-order valence-electron chi connectivity index (χ3n) is 1.40. The lowest BCUT2D eigenvalue weighted by atomic mass is 10.0. The Morgan fingerprint density at radius 1 is 1.82 bits per heavy atom.